The summed E-state index contributed by atoms with van der Waals surface area (Å²) in [5.41, 5.74) is 1.59. The van der Waals surface area contributed by atoms with Crippen LogP contribution in [0.25, 0.3) is 0 Å². The zero-order valence-electron chi connectivity index (χ0n) is 18.1. The van der Waals surface area contributed by atoms with E-state index in [2.05, 4.69) is 51.2 Å². The molecule has 0 aromatic rings. The molecule has 2 fully saturated rings. The van der Waals surface area contributed by atoms with Crippen LogP contribution in [0.15, 0.2) is 40.9 Å². The molecule has 0 bridgehead atoms. The van der Waals surface area contributed by atoms with E-state index in [9.17, 15) is 0 Å². The van der Waals surface area contributed by atoms with E-state index in [-0.39, 0.29) is 0 Å². The minimum absolute atomic E-state index is 0.340. The summed E-state index contributed by atoms with van der Waals surface area (Å²) in [6.45, 7) is 3.57. The summed E-state index contributed by atoms with van der Waals surface area (Å²) >= 11 is 0. The van der Waals surface area contributed by atoms with Gasteiger partial charge in [0.15, 0.2) is 0 Å². The topological polar surface area (TPSA) is 51.7 Å². The number of aliphatic imine (C=N–C) groups is 1. The fraction of sp³-hybridized carbons (Fsp3) is 0.720. The SMILES string of the molecule is C1=CC2NCC(C3=CCCCC3C3=NC4C=CC(N5CCCC5)CC4N3)NC2CC1. The van der Waals surface area contributed by atoms with E-state index in [1.807, 2.05) is 0 Å². The Kier molecular flexibility index (Phi) is 5.30. The summed E-state index contributed by atoms with van der Waals surface area (Å²) in [4.78, 5) is 7.89. The van der Waals surface area contributed by atoms with Gasteiger partial charge in [-0.05, 0) is 70.0 Å². The first-order valence-electron chi connectivity index (χ1n) is 12.5. The van der Waals surface area contributed by atoms with Gasteiger partial charge in [0.2, 0.25) is 0 Å². The maximum atomic E-state index is 5.22. The third kappa shape index (κ3) is 3.59. The van der Waals surface area contributed by atoms with Crippen molar-refractivity contribution in [2.45, 2.75) is 87.6 Å². The number of hydrogen-bond acceptors (Lipinski definition) is 5. The van der Waals surface area contributed by atoms with Crippen molar-refractivity contribution in [1.29, 1.82) is 0 Å². The van der Waals surface area contributed by atoms with Crippen LogP contribution < -0.4 is 16.0 Å². The van der Waals surface area contributed by atoms with Crippen molar-refractivity contribution >= 4 is 5.84 Å². The molecule has 5 nitrogen and oxygen atoms in total. The van der Waals surface area contributed by atoms with Crippen molar-refractivity contribution < 1.29 is 0 Å². The number of hydrogen-bond donors (Lipinski definition) is 3. The minimum atomic E-state index is 0.340. The van der Waals surface area contributed by atoms with E-state index < -0.39 is 0 Å². The fourth-order valence-corrected chi connectivity index (χ4v) is 6.65. The van der Waals surface area contributed by atoms with Gasteiger partial charge >= 0.3 is 0 Å². The van der Waals surface area contributed by atoms with Crippen molar-refractivity contribution in [2.24, 2.45) is 10.9 Å². The highest BCUT2D eigenvalue weighted by Crippen LogP contribution is 2.34. The molecule has 0 radical (unpaired) electrons. The molecular formula is C25H37N5. The van der Waals surface area contributed by atoms with Gasteiger partial charge in [-0.2, -0.15) is 0 Å². The molecule has 3 aliphatic carbocycles. The third-order valence-electron chi connectivity index (χ3n) is 8.28. The quantitative estimate of drug-likeness (QED) is 0.630. The monoisotopic (exact) mass is 407 g/mol. The van der Waals surface area contributed by atoms with Gasteiger partial charge in [-0.25, -0.2) is 0 Å². The van der Waals surface area contributed by atoms with Gasteiger partial charge in [0.05, 0.1) is 12.1 Å². The number of fused-ring (bicyclic) bond motifs is 2. The molecule has 0 spiro atoms. The number of likely N-dealkylation sites (tertiary alicyclic amines) is 1. The average molecular weight is 408 g/mol. The van der Waals surface area contributed by atoms with E-state index in [0.29, 0.717) is 42.2 Å². The maximum Gasteiger partial charge on any atom is 0.105 e. The van der Waals surface area contributed by atoms with Gasteiger partial charge in [0.25, 0.3) is 0 Å². The van der Waals surface area contributed by atoms with Gasteiger partial charge < -0.3 is 16.0 Å². The van der Waals surface area contributed by atoms with Crippen molar-refractivity contribution in [1.82, 2.24) is 20.9 Å². The fourth-order valence-electron chi connectivity index (χ4n) is 6.65. The Morgan fingerprint density at radius 3 is 2.83 bits per heavy atom. The number of nitrogens with zero attached hydrogens (tertiary/aromatic N) is 2. The first kappa shape index (κ1) is 19.3. The smallest absolute Gasteiger partial charge is 0.105 e. The standard InChI is InChI=1S/C25H37N5/c1-2-8-19(18(7-1)24-16-26-20-9-3-4-10-21(20)27-24)25-28-22-12-11-17(15-23(22)29-25)30-13-5-6-14-30/h3,7,9,11-12,17,19-24,26-27H,1-2,4-6,8,10,13-16H2,(H,28,29). The van der Waals surface area contributed by atoms with Crippen LogP contribution in [-0.2, 0) is 0 Å². The summed E-state index contributed by atoms with van der Waals surface area (Å²) in [7, 11) is 0. The second-order valence-electron chi connectivity index (χ2n) is 10.1. The van der Waals surface area contributed by atoms with Crippen LogP contribution in [0.3, 0.4) is 0 Å². The Bertz CT molecular complexity index is 762. The molecule has 0 aromatic carbocycles. The van der Waals surface area contributed by atoms with Crippen LogP contribution in [0.5, 0.6) is 0 Å². The van der Waals surface area contributed by atoms with Crippen LogP contribution in [-0.4, -0.2) is 66.6 Å². The van der Waals surface area contributed by atoms with Gasteiger partial charge in [-0.1, -0.05) is 30.4 Å². The minimum Gasteiger partial charge on any atom is -0.368 e. The molecule has 0 amide bonds. The summed E-state index contributed by atoms with van der Waals surface area (Å²) in [6, 6.07) is 2.97. The van der Waals surface area contributed by atoms with Gasteiger partial charge in [0.1, 0.15) is 5.84 Å². The molecule has 3 N–H and O–H groups in total. The zero-order valence-corrected chi connectivity index (χ0v) is 18.1. The summed E-state index contributed by atoms with van der Waals surface area (Å²) < 4.78 is 0. The second kappa shape index (κ2) is 8.25. The Morgan fingerprint density at radius 2 is 1.90 bits per heavy atom. The van der Waals surface area contributed by atoms with Crippen LogP contribution in [0, 0.1) is 5.92 Å². The lowest BCUT2D eigenvalue weighted by atomic mass is 9.80. The van der Waals surface area contributed by atoms with Crippen molar-refractivity contribution in [2.75, 3.05) is 19.6 Å². The predicted molar refractivity (Wildman–Crippen MR) is 123 cm³/mol. The van der Waals surface area contributed by atoms with Gasteiger partial charge in [0, 0.05) is 36.6 Å². The van der Waals surface area contributed by atoms with Crippen molar-refractivity contribution in [3.05, 3.63) is 36.0 Å². The molecule has 0 saturated carbocycles. The predicted octanol–water partition coefficient (Wildman–Crippen LogP) is 2.52. The molecule has 7 unspecified atom stereocenters. The first-order chi connectivity index (χ1) is 14.8. The number of amidine groups is 1. The molecule has 5 heteroatoms. The molecule has 6 rings (SSSR count). The van der Waals surface area contributed by atoms with Crippen LogP contribution in [0.2, 0.25) is 0 Å². The maximum absolute atomic E-state index is 5.22. The molecule has 0 aromatic heterocycles. The van der Waals surface area contributed by atoms with Crippen molar-refractivity contribution in [3.63, 3.8) is 0 Å². The van der Waals surface area contributed by atoms with Gasteiger partial charge in [-0.15, -0.1) is 0 Å². The second-order valence-corrected chi connectivity index (χ2v) is 10.1. The van der Waals surface area contributed by atoms with Gasteiger partial charge in [-0.3, -0.25) is 9.89 Å². The highest BCUT2D eigenvalue weighted by Gasteiger charge is 2.40. The molecule has 30 heavy (non-hydrogen) atoms. The Hall–Kier alpha value is -1.43. The first-order valence-corrected chi connectivity index (χ1v) is 12.5. The molecule has 2 saturated heterocycles. The van der Waals surface area contributed by atoms with E-state index >= 15 is 0 Å². The van der Waals surface area contributed by atoms with E-state index in [1.165, 1.54) is 70.3 Å². The zero-order chi connectivity index (χ0) is 19.9. The van der Waals surface area contributed by atoms with Crippen LogP contribution in [0.1, 0.15) is 51.4 Å². The average Bonchev–Trinajstić information content (AvgIpc) is 3.48. The number of piperazine rings is 1. The highest BCUT2D eigenvalue weighted by atomic mass is 15.2. The summed E-state index contributed by atoms with van der Waals surface area (Å²) in [5.74, 6) is 1.74. The Labute approximate surface area is 181 Å². The number of nitrogens with one attached hydrogen (secondary N) is 3. The molecule has 3 aliphatic heterocycles. The normalized spacial score (nSPS) is 43.5. The Morgan fingerprint density at radius 1 is 0.967 bits per heavy atom. The number of rotatable bonds is 3. The van der Waals surface area contributed by atoms with Crippen molar-refractivity contribution in [3.8, 4) is 0 Å². The lowest BCUT2D eigenvalue weighted by Gasteiger charge is -2.42. The molecule has 6 aliphatic rings. The molecule has 7 atom stereocenters. The lowest BCUT2D eigenvalue weighted by Crippen LogP contribution is -2.62. The van der Waals surface area contributed by atoms with Crippen LogP contribution >= 0.6 is 0 Å². The van der Waals surface area contributed by atoms with E-state index in [1.54, 1.807) is 5.57 Å². The largest absolute Gasteiger partial charge is 0.368 e. The number of allylic oxidation sites excluding steroid dienone is 2. The van der Waals surface area contributed by atoms with Crippen LogP contribution in [0.4, 0.5) is 0 Å². The molecule has 3 heterocycles. The molecule has 162 valence electrons. The summed E-state index contributed by atoms with van der Waals surface area (Å²) in [6.07, 6.45) is 22.2. The van der Waals surface area contributed by atoms with E-state index in [4.69, 9.17) is 4.99 Å². The molecular weight excluding hydrogens is 370 g/mol. The Balaban J connectivity index is 1.15. The van der Waals surface area contributed by atoms with E-state index in [0.717, 1.165) is 6.54 Å². The lowest BCUT2D eigenvalue weighted by molar-refractivity contribution is 0.247. The highest BCUT2D eigenvalue weighted by molar-refractivity contribution is 5.90. The summed E-state index contributed by atoms with van der Waals surface area (Å²) in [5, 5.41) is 11.7. The third-order valence-corrected chi connectivity index (χ3v) is 8.28.